The molecule has 4 heteroatoms. The highest BCUT2D eigenvalue weighted by Gasteiger charge is 2.33. The zero-order chi connectivity index (χ0) is 15.3. The zero-order valence-electron chi connectivity index (χ0n) is 13.2. The van der Waals surface area contributed by atoms with Crippen molar-refractivity contribution in [1.82, 2.24) is 5.32 Å². The van der Waals surface area contributed by atoms with Gasteiger partial charge in [0.1, 0.15) is 11.8 Å². The first kappa shape index (κ1) is 16.5. The number of methoxy groups -OCH3 is 2. The minimum Gasteiger partial charge on any atom is -0.496 e. The maximum Gasteiger partial charge on any atom is 0.323 e. The summed E-state index contributed by atoms with van der Waals surface area (Å²) in [5, 5.41) is 3.34. The molecule has 0 bridgehead atoms. The molecule has 0 spiro atoms. The Balaban J connectivity index is 2.96. The van der Waals surface area contributed by atoms with E-state index in [1.165, 1.54) is 7.11 Å². The van der Waals surface area contributed by atoms with Crippen LogP contribution in [0, 0.1) is 5.41 Å². The lowest BCUT2D eigenvalue weighted by atomic mass is 9.86. The predicted octanol–water partition coefficient (Wildman–Crippen LogP) is 2.93. The predicted molar refractivity (Wildman–Crippen MR) is 79.8 cm³/mol. The van der Waals surface area contributed by atoms with Crippen LogP contribution >= 0.6 is 0 Å². The molecule has 0 radical (unpaired) electrons. The SMILES string of the molecule is COC(=O)[C@@H](N[C@@H](C)c1ccccc1OC)C(C)(C)C. The molecule has 0 amide bonds. The molecular formula is C16H25NO3. The molecule has 2 atom stereocenters. The summed E-state index contributed by atoms with van der Waals surface area (Å²) in [6.07, 6.45) is 0. The van der Waals surface area contributed by atoms with Gasteiger partial charge in [-0.3, -0.25) is 10.1 Å². The lowest BCUT2D eigenvalue weighted by molar-refractivity contribution is -0.146. The van der Waals surface area contributed by atoms with E-state index in [1.54, 1.807) is 7.11 Å². The monoisotopic (exact) mass is 279 g/mol. The number of esters is 1. The summed E-state index contributed by atoms with van der Waals surface area (Å²) in [5.41, 5.74) is 0.789. The lowest BCUT2D eigenvalue weighted by Gasteiger charge is -2.32. The van der Waals surface area contributed by atoms with Crippen LogP contribution in [-0.2, 0) is 9.53 Å². The van der Waals surface area contributed by atoms with Crippen molar-refractivity contribution in [2.75, 3.05) is 14.2 Å². The Bertz CT molecular complexity index is 451. The average molecular weight is 279 g/mol. The topological polar surface area (TPSA) is 47.6 Å². The second kappa shape index (κ2) is 6.75. The van der Waals surface area contributed by atoms with Crippen LogP contribution in [0.3, 0.4) is 0 Å². The molecule has 0 aromatic heterocycles. The van der Waals surface area contributed by atoms with Crippen LogP contribution in [0.2, 0.25) is 0 Å². The fourth-order valence-corrected chi connectivity index (χ4v) is 2.15. The quantitative estimate of drug-likeness (QED) is 0.842. The minimum atomic E-state index is -0.382. The van der Waals surface area contributed by atoms with Crippen molar-refractivity contribution in [2.45, 2.75) is 39.8 Å². The molecule has 1 N–H and O–H groups in total. The van der Waals surface area contributed by atoms with Crippen LogP contribution in [0.4, 0.5) is 0 Å². The van der Waals surface area contributed by atoms with Crippen molar-refractivity contribution in [1.29, 1.82) is 0 Å². The number of para-hydroxylation sites is 1. The van der Waals surface area contributed by atoms with E-state index < -0.39 is 0 Å². The van der Waals surface area contributed by atoms with E-state index in [-0.39, 0.29) is 23.5 Å². The van der Waals surface area contributed by atoms with Gasteiger partial charge in [0.05, 0.1) is 14.2 Å². The molecule has 1 aromatic carbocycles. The number of hydrogen-bond acceptors (Lipinski definition) is 4. The van der Waals surface area contributed by atoms with Crippen molar-refractivity contribution in [2.24, 2.45) is 5.41 Å². The third kappa shape index (κ3) is 3.97. The number of carbonyl (C=O) groups is 1. The van der Waals surface area contributed by atoms with Gasteiger partial charge in [0.15, 0.2) is 0 Å². The minimum absolute atomic E-state index is 0.0190. The number of carbonyl (C=O) groups excluding carboxylic acids is 1. The fraction of sp³-hybridized carbons (Fsp3) is 0.562. The second-order valence-electron chi connectivity index (χ2n) is 5.95. The van der Waals surface area contributed by atoms with Gasteiger partial charge in [-0.2, -0.15) is 0 Å². The molecule has 0 aliphatic rings. The van der Waals surface area contributed by atoms with Crippen LogP contribution in [0.5, 0.6) is 5.75 Å². The van der Waals surface area contributed by atoms with Crippen LogP contribution in [0.25, 0.3) is 0 Å². The van der Waals surface area contributed by atoms with Crippen molar-refractivity contribution in [3.8, 4) is 5.75 Å². The van der Waals surface area contributed by atoms with Crippen LogP contribution in [-0.4, -0.2) is 26.2 Å². The Hall–Kier alpha value is -1.55. The van der Waals surface area contributed by atoms with Gasteiger partial charge in [-0.25, -0.2) is 0 Å². The first-order chi connectivity index (χ1) is 9.31. The normalized spacial score (nSPS) is 14.5. The maximum atomic E-state index is 12.0. The zero-order valence-corrected chi connectivity index (χ0v) is 13.2. The van der Waals surface area contributed by atoms with Gasteiger partial charge in [0.2, 0.25) is 0 Å². The Morgan fingerprint density at radius 1 is 1.20 bits per heavy atom. The van der Waals surface area contributed by atoms with E-state index in [2.05, 4.69) is 5.32 Å². The average Bonchev–Trinajstić information content (AvgIpc) is 2.42. The highest BCUT2D eigenvalue weighted by molar-refractivity contribution is 5.76. The molecule has 20 heavy (non-hydrogen) atoms. The van der Waals surface area contributed by atoms with Crippen LogP contribution in [0.1, 0.15) is 39.3 Å². The van der Waals surface area contributed by atoms with E-state index in [4.69, 9.17) is 9.47 Å². The number of hydrogen-bond donors (Lipinski definition) is 1. The van der Waals surface area contributed by atoms with Gasteiger partial charge in [-0.05, 0) is 18.4 Å². The van der Waals surface area contributed by atoms with E-state index in [9.17, 15) is 4.79 Å². The lowest BCUT2D eigenvalue weighted by Crippen LogP contribution is -2.48. The van der Waals surface area contributed by atoms with Gasteiger partial charge in [-0.1, -0.05) is 39.0 Å². The molecule has 0 saturated carbocycles. The first-order valence-electron chi connectivity index (χ1n) is 6.78. The van der Waals surface area contributed by atoms with Crippen molar-refractivity contribution in [3.05, 3.63) is 29.8 Å². The Labute approximate surface area is 121 Å². The third-order valence-electron chi connectivity index (χ3n) is 3.33. The summed E-state index contributed by atoms with van der Waals surface area (Å²) in [4.78, 5) is 12.0. The van der Waals surface area contributed by atoms with E-state index in [0.29, 0.717) is 0 Å². The standard InChI is InChI=1S/C16H25NO3/c1-11(12-9-7-8-10-13(12)19-5)17-14(15(18)20-6)16(2,3)4/h7-11,14,17H,1-6H3/t11-,14+/m0/s1. The van der Waals surface area contributed by atoms with E-state index in [1.807, 2.05) is 52.0 Å². The second-order valence-corrected chi connectivity index (χ2v) is 5.95. The summed E-state index contributed by atoms with van der Waals surface area (Å²) in [7, 11) is 3.06. The molecule has 0 aliphatic carbocycles. The molecule has 0 unspecified atom stereocenters. The van der Waals surface area contributed by atoms with Gasteiger partial charge in [0, 0.05) is 11.6 Å². The molecule has 0 aliphatic heterocycles. The molecule has 0 fully saturated rings. The summed E-state index contributed by atoms with van der Waals surface area (Å²) >= 11 is 0. The largest absolute Gasteiger partial charge is 0.496 e. The molecule has 112 valence electrons. The van der Waals surface area contributed by atoms with Gasteiger partial charge in [0.25, 0.3) is 0 Å². The number of benzene rings is 1. The molecule has 4 nitrogen and oxygen atoms in total. The van der Waals surface area contributed by atoms with Crippen LogP contribution < -0.4 is 10.1 Å². The Morgan fingerprint density at radius 3 is 2.30 bits per heavy atom. The third-order valence-corrected chi connectivity index (χ3v) is 3.33. The highest BCUT2D eigenvalue weighted by Crippen LogP contribution is 2.28. The molecule has 1 aromatic rings. The number of nitrogens with one attached hydrogen (secondary N) is 1. The van der Waals surface area contributed by atoms with Crippen molar-refractivity contribution < 1.29 is 14.3 Å². The molecule has 0 saturated heterocycles. The highest BCUT2D eigenvalue weighted by atomic mass is 16.5. The van der Waals surface area contributed by atoms with E-state index >= 15 is 0 Å². The Kier molecular flexibility index (Phi) is 5.57. The number of rotatable bonds is 5. The van der Waals surface area contributed by atoms with Gasteiger partial charge >= 0.3 is 5.97 Å². The summed E-state index contributed by atoms with van der Waals surface area (Å²) in [6, 6.07) is 7.39. The van der Waals surface area contributed by atoms with Crippen LogP contribution in [0.15, 0.2) is 24.3 Å². The summed E-state index contributed by atoms with van der Waals surface area (Å²) in [6.45, 7) is 8.04. The van der Waals surface area contributed by atoms with Crippen molar-refractivity contribution >= 4 is 5.97 Å². The first-order valence-corrected chi connectivity index (χ1v) is 6.78. The molecule has 0 heterocycles. The van der Waals surface area contributed by atoms with E-state index in [0.717, 1.165) is 11.3 Å². The smallest absolute Gasteiger partial charge is 0.323 e. The maximum absolute atomic E-state index is 12.0. The van der Waals surface area contributed by atoms with Gasteiger partial charge < -0.3 is 9.47 Å². The molecular weight excluding hydrogens is 254 g/mol. The molecule has 1 rings (SSSR count). The van der Waals surface area contributed by atoms with Gasteiger partial charge in [-0.15, -0.1) is 0 Å². The summed E-state index contributed by atoms with van der Waals surface area (Å²) in [5.74, 6) is 0.560. The Morgan fingerprint density at radius 2 is 1.80 bits per heavy atom. The summed E-state index contributed by atoms with van der Waals surface area (Å²) < 4.78 is 10.3. The van der Waals surface area contributed by atoms with Crippen molar-refractivity contribution in [3.63, 3.8) is 0 Å². The fourth-order valence-electron chi connectivity index (χ4n) is 2.15. The number of ether oxygens (including phenoxy) is 2.